The van der Waals surface area contributed by atoms with Crippen molar-refractivity contribution in [3.63, 3.8) is 0 Å². The van der Waals surface area contributed by atoms with Crippen LogP contribution in [0.5, 0.6) is 0 Å². The summed E-state index contributed by atoms with van der Waals surface area (Å²) >= 11 is 0. The van der Waals surface area contributed by atoms with Gasteiger partial charge in [0.1, 0.15) is 0 Å². The highest BCUT2D eigenvalue weighted by Crippen LogP contribution is 2.16. The van der Waals surface area contributed by atoms with E-state index in [4.69, 9.17) is 4.74 Å². The fourth-order valence-electron chi connectivity index (χ4n) is 1.68. The Kier molecular flexibility index (Phi) is 6.36. The van der Waals surface area contributed by atoms with Gasteiger partial charge in [0.15, 0.2) is 0 Å². The summed E-state index contributed by atoms with van der Waals surface area (Å²) in [6.45, 7) is 7.51. The molecule has 1 aromatic carbocycles. The standard InChI is InChI=1S/C15H24N2O2/c1-5-8-16-14-7-6-13(9-11(14)2)15(18)17-10-12(3)19-4/h6-7,9,12,16H,5,8,10H2,1-4H3,(H,17,18). The molecule has 0 fully saturated rings. The first-order chi connectivity index (χ1) is 9.08. The fraction of sp³-hybridized carbons (Fsp3) is 0.533. The van der Waals surface area contributed by atoms with Crippen molar-refractivity contribution in [2.24, 2.45) is 0 Å². The second-order valence-corrected chi connectivity index (χ2v) is 4.71. The first-order valence-corrected chi connectivity index (χ1v) is 6.74. The normalized spacial score (nSPS) is 12.0. The highest BCUT2D eigenvalue weighted by Gasteiger charge is 2.08. The van der Waals surface area contributed by atoms with Crippen LogP contribution in [0.25, 0.3) is 0 Å². The molecular weight excluding hydrogens is 240 g/mol. The second kappa shape index (κ2) is 7.79. The highest BCUT2D eigenvalue weighted by atomic mass is 16.5. The molecule has 1 aromatic rings. The lowest BCUT2D eigenvalue weighted by molar-refractivity contribution is 0.0870. The van der Waals surface area contributed by atoms with Crippen molar-refractivity contribution in [3.8, 4) is 0 Å². The molecule has 0 aliphatic heterocycles. The van der Waals surface area contributed by atoms with Gasteiger partial charge >= 0.3 is 0 Å². The van der Waals surface area contributed by atoms with Crippen molar-refractivity contribution in [3.05, 3.63) is 29.3 Å². The van der Waals surface area contributed by atoms with Gasteiger partial charge in [-0.05, 0) is 44.0 Å². The molecule has 0 aliphatic carbocycles. The van der Waals surface area contributed by atoms with E-state index in [1.54, 1.807) is 7.11 Å². The molecule has 0 saturated carbocycles. The highest BCUT2D eigenvalue weighted by molar-refractivity contribution is 5.94. The number of ether oxygens (including phenoxy) is 1. The van der Waals surface area contributed by atoms with Gasteiger partial charge in [-0.25, -0.2) is 0 Å². The summed E-state index contributed by atoms with van der Waals surface area (Å²) in [6, 6.07) is 5.71. The van der Waals surface area contributed by atoms with E-state index in [1.165, 1.54) is 0 Å². The monoisotopic (exact) mass is 264 g/mol. The van der Waals surface area contributed by atoms with E-state index in [-0.39, 0.29) is 12.0 Å². The number of rotatable bonds is 7. The Morgan fingerprint density at radius 2 is 2.16 bits per heavy atom. The third-order valence-electron chi connectivity index (χ3n) is 3.01. The minimum Gasteiger partial charge on any atom is -0.385 e. The summed E-state index contributed by atoms with van der Waals surface area (Å²) in [4.78, 5) is 12.0. The molecule has 0 heterocycles. The van der Waals surface area contributed by atoms with Crippen molar-refractivity contribution in [2.45, 2.75) is 33.3 Å². The molecule has 0 bridgehead atoms. The largest absolute Gasteiger partial charge is 0.385 e. The predicted molar refractivity (Wildman–Crippen MR) is 78.8 cm³/mol. The Bertz CT molecular complexity index is 419. The van der Waals surface area contributed by atoms with Crippen molar-refractivity contribution >= 4 is 11.6 Å². The van der Waals surface area contributed by atoms with E-state index < -0.39 is 0 Å². The number of hydrogen-bond donors (Lipinski definition) is 2. The lowest BCUT2D eigenvalue weighted by atomic mass is 10.1. The average Bonchev–Trinajstić information content (AvgIpc) is 2.42. The quantitative estimate of drug-likeness (QED) is 0.796. The van der Waals surface area contributed by atoms with Crippen LogP contribution in [0.3, 0.4) is 0 Å². The van der Waals surface area contributed by atoms with Crippen molar-refractivity contribution in [1.82, 2.24) is 5.32 Å². The van der Waals surface area contributed by atoms with Gasteiger partial charge in [0.2, 0.25) is 0 Å². The zero-order valence-electron chi connectivity index (χ0n) is 12.2. The van der Waals surface area contributed by atoms with E-state index in [0.29, 0.717) is 12.1 Å². The number of aryl methyl sites for hydroxylation is 1. The summed E-state index contributed by atoms with van der Waals surface area (Å²) in [7, 11) is 1.63. The topological polar surface area (TPSA) is 50.4 Å². The zero-order chi connectivity index (χ0) is 14.3. The summed E-state index contributed by atoms with van der Waals surface area (Å²) in [6.07, 6.45) is 1.10. The van der Waals surface area contributed by atoms with E-state index in [9.17, 15) is 4.79 Å². The van der Waals surface area contributed by atoms with Crippen LogP contribution in [0.4, 0.5) is 5.69 Å². The van der Waals surface area contributed by atoms with E-state index in [1.807, 2.05) is 32.0 Å². The molecular formula is C15H24N2O2. The van der Waals surface area contributed by atoms with Gasteiger partial charge in [-0.3, -0.25) is 4.79 Å². The predicted octanol–water partition coefficient (Wildman–Crippen LogP) is 2.58. The molecule has 1 amide bonds. The SMILES string of the molecule is CCCNc1ccc(C(=O)NCC(C)OC)cc1C. The van der Waals surface area contributed by atoms with Gasteiger partial charge in [0.05, 0.1) is 6.10 Å². The number of nitrogens with one attached hydrogen (secondary N) is 2. The molecule has 1 rings (SSSR count). The van der Waals surface area contributed by atoms with E-state index >= 15 is 0 Å². The third-order valence-corrected chi connectivity index (χ3v) is 3.01. The van der Waals surface area contributed by atoms with Crippen LogP contribution >= 0.6 is 0 Å². The summed E-state index contributed by atoms with van der Waals surface area (Å²) in [5.74, 6) is -0.0611. The Hall–Kier alpha value is -1.55. The summed E-state index contributed by atoms with van der Waals surface area (Å²) in [5.41, 5.74) is 2.85. The van der Waals surface area contributed by atoms with Crippen LogP contribution in [-0.2, 0) is 4.74 Å². The molecule has 0 aromatic heterocycles. The number of amides is 1. The van der Waals surface area contributed by atoms with E-state index in [0.717, 1.165) is 24.2 Å². The maximum atomic E-state index is 12.0. The summed E-state index contributed by atoms with van der Waals surface area (Å²) < 4.78 is 5.10. The Balaban J connectivity index is 2.63. The van der Waals surface area contributed by atoms with Gasteiger partial charge in [0, 0.05) is 31.5 Å². The summed E-state index contributed by atoms with van der Waals surface area (Å²) in [5, 5.41) is 6.19. The minimum absolute atomic E-state index is 0.0236. The molecule has 4 nitrogen and oxygen atoms in total. The lowest BCUT2D eigenvalue weighted by Gasteiger charge is -2.13. The van der Waals surface area contributed by atoms with Crippen molar-refractivity contribution < 1.29 is 9.53 Å². The number of anilines is 1. The first-order valence-electron chi connectivity index (χ1n) is 6.74. The first kappa shape index (κ1) is 15.5. The van der Waals surface area contributed by atoms with E-state index in [2.05, 4.69) is 17.6 Å². The van der Waals surface area contributed by atoms with Gasteiger partial charge in [-0.15, -0.1) is 0 Å². The van der Waals surface area contributed by atoms with Crippen molar-refractivity contribution in [2.75, 3.05) is 25.5 Å². The number of hydrogen-bond acceptors (Lipinski definition) is 3. The van der Waals surface area contributed by atoms with Gasteiger partial charge in [-0.2, -0.15) is 0 Å². The molecule has 19 heavy (non-hydrogen) atoms. The van der Waals surface area contributed by atoms with Crippen LogP contribution in [0.2, 0.25) is 0 Å². The average molecular weight is 264 g/mol. The van der Waals surface area contributed by atoms with Crippen LogP contribution in [0.1, 0.15) is 36.2 Å². The van der Waals surface area contributed by atoms with Crippen LogP contribution in [-0.4, -0.2) is 32.2 Å². The van der Waals surface area contributed by atoms with Crippen LogP contribution in [0, 0.1) is 6.92 Å². The number of benzene rings is 1. The Morgan fingerprint density at radius 1 is 1.42 bits per heavy atom. The smallest absolute Gasteiger partial charge is 0.251 e. The third kappa shape index (κ3) is 4.91. The zero-order valence-corrected chi connectivity index (χ0v) is 12.2. The molecule has 0 radical (unpaired) electrons. The maximum Gasteiger partial charge on any atom is 0.251 e. The second-order valence-electron chi connectivity index (χ2n) is 4.71. The molecule has 2 N–H and O–H groups in total. The molecule has 106 valence electrons. The molecule has 4 heteroatoms. The molecule has 1 unspecified atom stereocenters. The molecule has 0 aliphatic rings. The van der Waals surface area contributed by atoms with Gasteiger partial charge in [0.25, 0.3) is 5.91 Å². The number of carbonyl (C=O) groups excluding carboxylic acids is 1. The molecule has 0 saturated heterocycles. The molecule has 0 spiro atoms. The van der Waals surface area contributed by atoms with Gasteiger partial charge in [-0.1, -0.05) is 6.92 Å². The lowest BCUT2D eigenvalue weighted by Crippen LogP contribution is -2.31. The fourth-order valence-corrected chi connectivity index (χ4v) is 1.68. The van der Waals surface area contributed by atoms with Crippen LogP contribution < -0.4 is 10.6 Å². The maximum absolute atomic E-state index is 12.0. The van der Waals surface area contributed by atoms with Crippen molar-refractivity contribution in [1.29, 1.82) is 0 Å². The Labute approximate surface area is 115 Å². The van der Waals surface area contributed by atoms with Crippen LogP contribution in [0.15, 0.2) is 18.2 Å². The van der Waals surface area contributed by atoms with Gasteiger partial charge < -0.3 is 15.4 Å². The Morgan fingerprint density at radius 3 is 2.74 bits per heavy atom. The number of carbonyl (C=O) groups is 1. The minimum atomic E-state index is -0.0611. The number of methoxy groups -OCH3 is 1. The molecule has 1 atom stereocenters.